The number of unbranched alkanes of at least 4 members (excludes halogenated alkanes) is 36. The molecule has 0 saturated carbocycles. The van der Waals surface area contributed by atoms with Gasteiger partial charge in [-0.15, -0.1) is 0 Å². The Morgan fingerprint density at radius 2 is 0.892 bits per heavy atom. The van der Waals surface area contributed by atoms with Crippen LogP contribution in [-0.4, -0.2) is 95.4 Å². The summed E-state index contributed by atoms with van der Waals surface area (Å²) in [5.74, 6) is -0.224. The Morgan fingerprint density at radius 3 is 1.23 bits per heavy atom. The third kappa shape index (κ3) is 35.8. The van der Waals surface area contributed by atoms with Gasteiger partial charge in [-0.2, -0.15) is 8.42 Å². The van der Waals surface area contributed by atoms with Crippen LogP contribution < -0.4 is 5.32 Å². The molecular weight excluding hydrogens is 847 g/mol. The van der Waals surface area contributed by atoms with E-state index in [1.165, 1.54) is 193 Å². The van der Waals surface area contributed by atoms with Crippen molar-refractivity contribution >= 4 is 16.3 Å². The van der Waals surface area contributed by atoms with E-state index in [4.69, 9.17) is 9.47 Å². The molecule has 1 amide bonds. The first-order valence-electron chi connectivity index (χ1n) is 27.4. The minimum Gasteiger partial charge on any atom is -0.394 e. The largest absolute Gasteiger partial charge is 0.397 e. The van der Waals surface area contributed by atoms with E-state index in [1.807, 2.05) is 0 Å². The molecule has 388 valence electrons. The molecule has 1 heterocycles. The molecule has 0 aromatic carbocycles. The minimum atomic E-state index is -5.08. The highest BCUT2D eigenvalue weighted by atomic mass is 32.3. The second kappa shape index (κ2) is 43.1. The van der Waals surface area contributed by atoms with Crippen molar-refractivity contribution in [2.75, 3.05) is 13.2 Å². The maximum Gasteiger partial charge on any atom is 0.397 e. The molecule has 0 aromatic rings. The predicted octanol–water partition coefficient (Wildman–Crippen LogP) is 12.1. The zero-order chi connectivity index (χ0) is 47.6. The third-order valence-corrected chi connectivity index (χ3v) is 13.9. The standard InChI is InChI=1S/C52H103NO11S/c1-3-5-7-9-11-13-15-17-19-20-21-22-23-24-25-26-28-29-31-33-35-37-39-41-46(55)45(44-62-52-50(58)51(64-65(59,60)61)49(57)47(43-54)63-52)53-48(56)42-40-38-36-34-32-30-27-18-16-14-12-10-8-6-4-2/h45-47,49-52,54-55,57-58H,3-44H2,1-2H3,(H,53,56)(H,59,60,61). The van der Waals surface area contributed by atoms with Gasteiger partial charge in [0.2, 0.25) is 5.91 Å². The van der Waals surface area contributed by atoms with Crippen molar-refractivity contribution in [3.05, 3.63) is 0 Å². The molecule has 0 bridgehead atoms. The van der Waals surface area contributed by atoms with Crippen LogP contribution in [0.2, 0.25) is 0 Å². The lowest BCUT2D eigenvalue weighted by Gasteiger charge is -2.41. The van der Waals surface area contributed by atoms with Gasteiger partial charge in [-0.25, -0.2) is 4.18 Å². The van der Waals surface area contributed by atoms with Crippen molar-refractivity contribution < 1.29 is 51.8 Å². The molecule has 0 aliphatic carbocycles. The van der Waals surface area contributed by atoms with Crippen molar-refractivity contribution in [3.8, 4) is 0 Å². The van der Waals surface area contributed by atoms with Crippen LogP contribution >= 0.6 is 0 Å². The Bertz CT molecular complexity index is 1160. The highest BCUT2D eigenvalue weighted by molar-refractivity contribution is 7.80. The Balaban J connectivity index is 2.36. The normalized spacial score (nSPS) is 20.0. The summed E-state index contributed by atoms with van der Waals surface area (Å²) in [6, 6.07) is -0.852. The average molecular weight is 950 g/mol. The van der Waals surface area contributed by atoms with Gasteiger partial charge < -0.3 is 35.2 Å². The van der Waals surface area contributed by atoms with Crippen molar-refractivity contribution in [2.24, 2.45) is 0 Å². The molecule has 1 aliphatic heterocycles. The summed E-state index contributed by atoms with van der Waals surface area (Å²) < 4.78 is 47.8. The van der Waals surface area contributed by atoms with Gasteiger partial charge in [0.1, 0.15) is 24.4 Å². The van der Waals surface area contributed by atoms with Gasteiger partial charge in [0.25, 0.3) is 0 Å². The molecule has 6 N–H and O–H groups in total. The maximum absolute atomic E-state index is 13.1. The van der Waals surface area contributed by atoms with Crippen LogP contribution in [0.1, 0.15) is 271 Å². The Hall–Kier alpha value is -0.900. The molecule has 13 heteroatoms. The van der Waals surface area contributed by atoms with Crippen molar-refractivity contribution in [1.29, 1.82) is 0 Å². The number of ether oxygens (including phenoxy) is 2. The summed E-state index contributed by atoms with van der Waals surface area (Å²) in [7, 11) is -5.08. The second-order valence-electron chi connectivity index (χ2n) is 19.5. The Kier molecular flexibility index (Phi) is 41.2. The van der Waals surface area contributed by atoms with Gasteiger partial charge in [0, 0.05) is 6.42 Å². The SMILES string of the molecule is CCCCCCCCCCCCCCCCCCCCCCCCCC(O)C(COC1OC(CO)C(O)C(OS(=O)(=O)O)C1O)NC(=O)CCCCCCCCCCCCCCCCC. The first kappa shape index (κ1) is 62.1. The topological polar surface area (TPSA) is 192 Å². The van der Waals surface area contributed by atoms with E-state index in [0.29, 0.717) is 12.8 Å². The summed E-state index contributed by atoms with van der Waals surface area (Å²) in [5.41, 5.74) is 0. The molecule has 1 rings (SSSR count). The van der Waals surface area contributed by atoms with E-state index in [0.717, 1.165) is 51.4 Å². The molecular formula is C52H103NO11S. The smallest absolute Gasteiger partial charge is 0.394 e. The minimum absolute atomic E-state index is 0.224. The first-order valence-corrected chi connectivity index (χ1v) is 28.8. The van der Waals surface area contributed by atoms with Crippen molar-refractivity contribution in [3.63, 3.8) is 0 Å². The van der Waals surface area contributed by atoms with Gasteiger partial charge in [0.15, 0.2) is 6.29 Å². The van der Waals surface area contributed by atoms with Gasteiger partial charge in [-0.1, -0.05) is 251 Å². The summed E-state index contributed by atoms with van der Waals surface area (Å²) in [6.07, 6.45) is 39.6. The van der Waals surface area contributed by atoms with Crippen LogP contribution in [-0.2, 0) is 28.9 Å². The van der Waals surface area contributed by atoms with E-state index in [1.54, 1.807) is 0 Å². The summed E-state index contributed by atoms with van der Waals surface area (Å²) in [5, 5.41) is 45.0. The molecule has 0 aromatic heterocycles. The van der Waals surface area contributed by atoms with Gasteiger partial charge in [-0.05, 0) is 12.8 Å². The van der Waals surface area contributed by atoms with Gasteiger partial charge in [-0.3, -0.25) is 9.35 Å². The molecule has 12 nitrogen and oxygen atoms in total. The number of carbonyl (C=O) groups excluding carboxylic acids is 1. The molecule has 1 fully saturated rings. The van der Waals surface area contributed by atoms with Gasteiger partial charge in [0.05, 0.1) is 25.4 Å². The van der Waals surface area contributed by atoms with E-state index in [9.17, 15) is 38.2 Å². The molecule has 0 radical (unpaired) electrons. The molecule has 7 unspecified atom stereocenters. The molecule has 65 heavy (non-hydrogen) atoms. The third-order valence-electron chi connectivity index (χ3n) is 13.4. The highest BCUT2D eigenvalue weighted by Gasteiger charge is 2.48. The lowest BCUT2D eigenvalue weighted by atomic mass is 9.99. The zero-order valence-corrected chi connectivity index (χ0v) is 42.7. The summed E-state index contributed by atoms with van der Waals surface area (Å²) in [4.78, 5) is 13.1. The molecule has 0 spiro atoms. The van der Waals surface area contributed by atoms with Crippen molar-refractivity contribution in [2.45, 2.75) is 314 Å². The number of amides is 1. The number of carbonyl (C=O) groups is 1. The lowest BCUT2D eigenvalue weighted by molar-refractivity contribution is -0.298. The van der Waals surface area contributed by atoms with Crippen LogP contribution in [0.25, 0.3) is 0 Å². The number of hydrogen-bond acceptors (Lipinski definition) is 10. The first-order chi connectivity index (χ1) is 31.5. The van der Waals surface area contributed by atoms with E-state index in [-0.39, 0.29) is 12.5 Å². The maximum atomic E-state index is 13.1. The fraction of sp³-hybridized carbons (Fsp3) is 0.981. The number of hydrogen-bond donors (Lipinski definition) is 6. The number of aliphatic hydroxyl groups is 4. The monoisotopic (exact) mass is 950 g/mol. The van der Waals surface area contributed by atoms with Crippen LogP contribution in [0, 0.1) is 0 Å². The average Bonchev–Trinajstić information content (AvgIpc) is 3.28. The molecule has 1 saturated heterocycles. The number of nitrogens with one attached hydrogen (secondary N) is 1. The predicted molar refractivity (Wildman–Crippen MR) is 264 cm³/mol. The highest BCUT2D eigenvalue weighted by Crippen LogP contribution is 2.26. The van der Waals surface area contributed by atoms with Crippen LogP contribution in [0.3, 0.4) is 0 Å². The number of rotatable bonds is 48. The Morgan fingerprint density at radius 1 is 0.554 bits per heavy atom. The van der Waals surface area contributed by atoms with E-state index >= 15 is 0 Å². The summed E-state index contributed by atoms with van der Waals surface area (Å²) in [6.45, 7) is 3.49. The Labute approximate surface area is 398 Å². The van der Waals surface area contributed by atoms with Crippen LogP contribution in [0.15, 0.2) is 0 Å². The fourth-order valence-corrected chi connectivity index (χ4v) is 9.68. The van der Waals surface area contributed by atoms with Crippen molar-refractivity contribution in [1.82, 2.24) is 5.32 Å². The molecule has 7 atom stereocenters. The van der Waals surface area contributed by atoms with E-state index in [2.05, 4.69) is 23.3 Å². The molecule has 1 aliphatic rings. The fourth-order valence-electron chi connectivity index (χ4n) is 9.17. The number of aliphatic hydroxyl groups excluding tert-OH is 4. The lowest BCUT2D eigenvalue weighted by Crippen LogP contribution is -2.61. The van der Waals surface area contributed by atoms with Crippen LogP contribution in [0.4, 0.5) is 0 Å². The van der Waals surface area contributed by atoms with Gasteiger partial charge >= 0.3 is 10.4 Å². The zero-order valence-electron chi connectivity index (χ0n) is 41.8. The van der Waals surface area contributed by atoms with Crippen LogP contribution in [0.5, 0.6) is 0 Å². The summed E-state index contributed by atoms with van der Waals surface area (Å²) >= 11 is 0. The second-order valence-corrected chi connectivity index (χ2v) is 20.6. The quantitative estimate of drug-likeness (QED) is 0.0251. The van der Waals surface area contributed by atoms with E-state index < -0.39 is 59.9 Å².